The summed E-state index contributed by atoms with van der Waals surface area (Å²) >= 11 is 0. The van der Waals surface area contributed by atoms with E-state index in [2.05, 4.69) is 24.0 Å². The maximum Gasteiger partial charge on any atom is 0.160 e. The Morgan fingerprint density at radius 3 is 2.95 bits per heavy atom. The number of Topliss-reactive ketones (excluding diaryl/α,β-unsaturated/α-hetero) is 1. The molecule has 0 bridgehead atoms. The lowest BCUT2D eigenvalue weighted by atomic mass is 9.72. The van der Waals surface area contributed by atoms with Crippen LogP contribution in [0, 0.1) is 0 Å². The Balaban J connectivity index is 2.05. The monoisotopic (exact) mass is 257 g/mol. The van der Waals surface area contributed by atoms with Crippen molar-refractivity contribution in [3.63, 3.8) is 0 Å². The predicted octanol–water partition coefficient (Wildman–Crippen LogP) is 3.40. The molecule has 0 radical (unpaired) electrons. The van der Waals surface area contributed by atoms with Crippen molar-refractivity contribution in [2.75, 3.05) is 13.1 Å². The maximum absolute atomic E-state index is 11.9. The molecule has 3 rings (SSSR count). The zero-order valence-corrected chi connectivity index (χ0v) is 12.0. The number of nitrogens with zero attached hydrogens (tertiary/aromatic N) is 1. The van der Waals surface area contributed by atoms with Gasteiger partial charge in [-0.05, 0) is 56.8 Å². The van der Waals surface area contributed by atoms with Gasteiger partial charge in [0, 0.05) is 17.5 Å². The van der Waals surface area contributed by atoms with Gasteiger partial charge in [-0.25, -0.2) is 0 Å². The summed E-state index contributed by atoms with van der Waals surface area (Å²) in [5.74, 6) is 0.809. The average molecular weight is 257 g/mol. The second-order valence-electron chi connectivity index (χ2n) is 5.92. The molecule has 0 aromatic heterocycles. The predicted molar refractivity (Wildman–Crippen MR) is 77.8 cm³/mol. The summed E-state index contributed by atoms with van der Waals surface area (Å²) in [5.41, 5.74) is 3.78. The van der Waals surface area contributed by atoms with E-state index < -0.39 is 0 Å². The highest BCUT2D eigenvalue weighted by atomic mass is 16.1. The van der Waals surface area contributed by atoms with Crippen molar-refractivity contribution >= 4 is 5.78 Å². The number of likely N-dealkylation sites (N-methyl/N-ethyl adjacent to an activating group) is 1. The fourth-order valence-corrected chi connectivity index (χ4v) is 4.12. The van der Waals surface area contributed by atoms with E-state index in [0.717, 1.165) is 18.5 Å². The number of carbonyl (C=O) groups excluding carboxylic acids is 1. The van der Waals surface area contributed by atoms with Crippen LogP contribution in [0.5, 0.6) is 0 Å². The first kappa shape index (κ1) is 12.9. The molecule has 2 nitrogen and oxygen atoms in total. The minimum absolute atomic E-state index is 0.228. The first-order valence-electron chi connectivity index (χ1n) is 7.59. The van der Waals surface area contributed by atoms with Crippen LogP contribution < -0.4 is 0 Å². The smallest absolute Gasteiger partial charge is 0.160 e. The molecular weight excluding hydrogens is 234 g/mol. The van der Waals surface area contributed by atoms with E-state index in [-0.39, 0.29) is 5.78 Å². The number of piperidine rings is 1. The molecule has 102 valence electrons. The summed E-state index contributed by atoms with van der Waals surface area (Å²) in [6.07, 6.45) is 4.90. The van der Waals surface area contributed by atoms with E-state index in [9.17, 15) is 4.79 Å². The Morgan fingerprint density at radius 2 is 2.21 bits per heavy atom. The van der Waals surface area contributed by atoms with Crippen LogP contribution >= 0.6 is 0 Å². The van der Waals surface area contributed by atoms with Crippen LogP contribution in [-0.2, 0) is 6.42 Å². The van der Waals surface area contributed by atoms with Crippen LogP contribution in [0.2, 0.25) is 0 Å². The van der Waals surface area contributed by atoms with Crippen LogP contribution in [0.4, 0.5) is 0 Å². The Kier molecular flexibility index (Phi) is 3.44. The van der Waals surface area contributed by atoms with Crippen molar-refractivity contribution in [2.24, 2.45) is 0 Å². The van der Waals surface area contributed by atoms with Crippen LogP contribution in [-0.4, -0.2) is 29.8 Å². The molecular formula is C17H23NO. The summed E-state index contributed by atoms with van der Waals surface area (Å²) in [6.45, 7) is 6.34. The molecule has 1 aromatic carbocycles. The number of fused-ring (bicyclic) bond motifs is 3. The lowest BCUT2D eigenvalue weighted by Gasteiger charge is -2.45. The number of aryl methyl sites for hydroxylation is 1. The van der Waals surface area contributed by atoms with Gasteiger partial charge in [0.05, 0.1) is 0 Å². The van der Waals surface area contributed by atoms with E-state index in [1.54, 1.807) is 6.92 Å². The van der Waals surface area contributed by atoms with Gasteiger partial charge in [-0.15, -0.1) is 0 Å². The van der Waals surface area contributed by atoms with Crippen LogP contribution in [0.25, 0.3) is 0 Å². The molecule has 1 heterocycles. The summed E-state index contributed by atoms with van der Waals surface area (Å²) < 4.78 is 0. The summed E-state index contributed by atoms with van der Waals surface area (Å²) in [6, 6.07) is 6.96. The molecule has 2 aliphatic rings. The minimum atomic E-state index is 0.228. The second-order valence-corrected chi connectivity index (χ2v) is 5.92. The molecule has 2 atom stereocenters. The highest BCUT2D eigenvalue weighted by Crippen LogP contribution is 2.42. The number of ketones is 1. The number of benzene rings is 1. The van der Waals surface area contributed by atoms with Crippen molar-refractivity contribution in [2.45, 2.75) is 51.5 Å². The Bertz CT molecular complexity index is 494. The van der Waals surface area contributed by atoms with E-state index in [1.807, 2.05) is 6.07 Å². The normalized spacial score (nSPS) is 26.6. The summed E-state index contributed by atoms with van der Waals surface area (Å²) in [7, 11) is 0. The first-order valence-corrected chi connectivity index (χ1v) is 7.59. The molecule has 0 amide bonds. The minimum Gasteiger partial charge on any atom is -0.300 e. The van der Waals surface area contributed by atoms with Gasteiger partial charge < -0.3 is 4.90 Å². The SMILES string of the molecule is CCN1CCC[C@@H]2c3c(cccc3C(C)=O)CCC21. The molecule has 1 saturated heterocycles. The number of carbonyl (C=O) groups is 1. The standard InChI is InChI=1S/C17H23NO/c1-3-18-11-5-8-15-16(18)10-9-13-6-4-7-14(12(2)19)17(13)15/h4,6-7,15-16H,3,5,8-11H2,1-2H3/t15-,16?/m0/s1. The average Bonchev–Trinajstić information content (AvgIpc) is 2.45. The maximum atomic E-state index is 11.9. The van der Waals surface area contributed by atoms with Gasteiger partial charge >= 0.3 is 0 Å². The topological polar surface area (TPSA) is 20.3 Å². The van der Waals surface area contributed by atoms with Crippen molar-refractivity contribution in [3.8, 4) is 0 Å². The Morgan fingerprint density at radius 1 is 1.37 bits per heavy atom. The third-order valence-corrected chi connectivity index (χ3v) is 4.96. The van der Waals surface area contributed by atoms with Gasteiger partial charge in [-0.3, -0.25) is 4.79 Å². The third kappa shape index (κ3) is 2.12. The number of hydrogen-bond donors (Lipinski definition) is 0. The first-order chi connectivity index (χ1) is 9.22. The highest BCUT2D eigenvalue weighted by molar-refractivity contribution is 5.96. The molecule has 1 aliphatic heterocycles. The van der Waals surface area contributed by atoms with Crippen molar-refractivity contribution in [1.29, 1.82) is 0 Å². The van der Waals surface area contributed by atoms with Gasteiger partial charge in [0.15, 0.2) is 5.78 Å². The molecule has 0 N–H and O–H groups in total. The molecule has 0 saturated carbocycles. The number of hydrogen-bond acceptors (Lipinski definition) is 2. The highest BCUT2D eigenvalue weighted by Gasteiger charge is 2.37. The summed E-state index contributed by atoms with van der Waals surface area (Å²) in [5, 5.41) is 0. The fourth-order valence-electron chi connectivity index (χ4n) is 4.12. The van der Waals surface area contributed by atoms with E-state index in [4.69, 9.17) is 0 Å². The summed E-state index contributed by atoms with van der Waals surface area (Å²) in [4.78, 5) is 14.5. The van der Waals surface area contributed by atoms with Gasteiger partial charge in [-0.1, -0.05) is 25.1 Å². The largest absolute Gasteiger partial charge is 0.300 e. The van der Waals surface area contributed by atoms with Gasteiger partial charge in [0.2, 0.25) is 0 Å². The van der Waals surface area contributed by atoms with Crippen LogP contribution in [0.15, 0.2) is 18.2 Å². The third-order valence-electron chi connectivity index (χ3n) is 4.96. The molecule has 19 heavy (non-hydrogen) atoms. The van der Waals surface area contributed by atoms with E-state index in [1.165, 1.54) is 36.9 Å². The molecule has 1 aliphatic carbocycles. The fraction of sp³-hybridized carbons (Fsp3) is 0.588. The van der Waals surface area contributed by atoms with Crippen molar-refractivity contribution in [3.05, 3.63) is 34.9 Å². The van der Waals surface area contributed by atoms with Crippen LogP contribution in [0.1, 0.15) is 60.5 Å². The van der Waals surface area contributed by atoms with Gasteiger partial charge in [-0.2, -0.15) is 0 Å². The van der Waals surface area contributed by atoms with Crippen molar-refractivity contribution < 1.29 is 4.79 Å². The lowest BCUT2D eigenvalue weighted by Crippen LogP contribution is -2.46. The van der Waals surface area contributed by atoms with Gasteiger partial charge in [0.1, 0.15) is 0 Å². The molecule has 2 heteroatoms. The van der Waals surface area contributed by atoms with E-state index >= 15 is 0 Å². The zero-order chi connectivity index (χ0) is 13.4. The molecule has 1 unspecified atom stereocenters. The molecule has 1 fully saturated rings. The van der Waals surface area contributed by atoms with Crippen LogP contribution in [0.3, 0.4) is 0 Å². The van der Waals surface area contributed by atoms with E-state index in [0.29, 0.717) is 12.0 Å². The quantitative estimate of drug-likeness (QED) is 0.757. The molecule has 0 spiro atoms. The number of rotatable bonds is 2. The van der Waals surface area contributed by atoms with Crippen molar-refractivity contribution in [1.82, 2.24) is 4.90 Å². The molecule has 1 aromatic rings. The lowest BCUT2D eigenvalue weighted by molar-refractivity contribution is 0.0999. The Hall–Kier alpha value is -1.15. The zero-order valence-electron chi connectivity index (χ0n) is 12.0. The second kappa shape index (κ2) is 5.09. The Labute approximate surface area is 115 Å². The van der Waals surface area contributed by atoms with Gasteiger partial charge in [0.25, 0.3) is 0 Å². The number of likely N-dealkylation sites (tertiary alicyclic amines) is 1.